The first-order valence-corrected chi connectivity index (χ1v) is 7.73. The number of aromatic nitrogens is 2. The Hall–Kier alpha value is -3.41. The number of methoxy groups -OCH3 is 1. The van der Waals surface area contributed by atoms with Crippen molar-refractivity contribution < 1.29 is 9.84 Å². The predicted octanol–water partition coefficient (Wildman–Crippen LogP) is 3.61. The monoisotopic (exact) mass is 334 g/mol. The molecule has 0 atom stereocenters. The fraction of sp³-hybridized carbons (Fsp3) is 0.105. The number of aromatic hydroxyl groups is 1. The Balaban J connectivity index is 1.81. The first-order chi connectivity index (χ1) is 12.2. The third kappa shape index (κ3) is 3.92. The number of anilines is 1. The second-order valence-electron chi connectivity index (χ2n) is 5.32. The molecule has 0 radical (unpaired) electrons. The summed E-state index contributed by atoms with van der Waals surface area (Å²) in [5.41, 5.74) is 5.24. The van der Waals surface area contributed by atoms with Gasteiger partial charge in [-0.15, -0.1) is 0 Å². The van der Waals surface area contributed by atoms with Crippen molar-refractivity contribution in [3.05, 3.63) is 66.0 Å². The highest BCUT2D eigenvalue weighted by Gasteiger charge is 2.06. The summed E-state index contributed by atoms with van der Waals surface area (Å²) in [6, 6.07) is 16.9. The Kier molecular flexibility index (Phi) is 4.89. The molecule has 126 valence electrons. The Bertz CT molecular complexity index is 895. The van der Waals surface area contributed by atoms with Gasteiger partial charge in [0.2, 0.25) is 0 Å². The van der Waals surface area contributed by atoms with Gasteiger partial charge in [0.25, 0.3) is 0 Å². The number of phenolic OH excluding ortho intramolecular Hbond substituents is 1. The van der Waals surface area contributed by atoms with E-state index in [4.69, 9.17) is 4.74 Å². The molecule has 1 aromatic heterocycles. The number of hydrogen-bond acceptors (Lipinski definition) is 6. The van der Waals surface area contributed by atoms with Crippen LogP contribution in [0.1, 0.15) is 11.4 Å². The van der Waals surface area contributed by atoms with Crippen LogP contribution >= 0.6 is 0 Å². The van der Waals surface area contributed by atoms with Crippen LogP contribution in [-0.4, -0.2) is 28.4 Å². The zero-order valence-electron chi connectivity index (χ0n) is 14.0. The van der Waals surface area contributed by atoms with Gasteiger partial charge in [-0.05, 0) is 19.1 Å². The zero-order chi connectivity index (χ0) is 17.6. The molecule has 1 heterocycles. The first kappa shape index (κ1) is 16.4. The molecule has 2 N–H and O–H groups in total. The summed E-state index contributed by atoms with van der Waals surface area (Å²) in [6.45, 7) is 1.83. The molecule has 3 rings (SSSR count). The lowest BCUT2D eigenvalue weighted by atomic mass is 10.1. The minimum Gasteiger partial charge on any atom is -0.504 e. The standard InChI is InChI=1S/C19H18N4O2/c1-13-21-16(14-7-4-3-5-8-14)11-18(22-13)23-20-12-15-9-6-10-17(25-2)19(15)24/h3-12,24H,1-2H3,(H,21,22,23)/b20-12+. The van der Waals surface area contributed by atoms with Crippen LogP contribution in [-0.2, 0) is 0 Å². The second-order valence-corrected chi connectivity index (χ2v) is 5.32. The maximum Gasteiger partial charge on any atom is 0.166 e. The predicted molar refractivity (Wildman–Crippen MR) is 98.1 cm³/mol. The smallest absolute Gasteiger partial charge is 0.166 e. The average molecular weight is 334 g/mol. The minimum atomic E-state index is 0.0411. The van der Waals surface area contributed by atoms with Gasteiger partial charge >= 0.3 is 0 Å². The van der Waals surface area contributed by atoms with Crippen LogP contribution in [0.25, 0.3) is 11.3 Å². The molecule has 0 amide bonds. The van der Waals surface area contributed by atoms with E-state index in [0.717, 1.165) is 11.3 Å². The Morgan fingerprint density at radius 3 is 2.64 bits per heavy atom. The molecule has 2 aromatic carbocycles. The van der Waals surface area contributed by atoms with Gasteiger partial charge in [-0.2, -0.15) is 5.10 Å². The van der Waals surface area contributed by atoms with Gasteiger partial charge in [-0.1, -0.05) is 36.4 Å². The average Bonchev–Trinajstić information content (AvgIpc) is 2.63. The van der Waals surface area contributed by atoms with Crippen LogP contribution in [0, 0.1) is 6.92 Å². The van der Waals surface area contributed by atoms with Gasteiger partial charge in [0, 0.05) is 17.2 Å². The minimum absolute atomic E-state index is 0.0411. The Labute approximate surface area is 145 Å². The number of ether oxygens (including phenoxy) is 1. The summed E-state index contributed by atoms with van der Waals surface area (Å²) in [4.78, 5) is 8.77. The van der Waals surface area contributed by atoms with E-state index >= 15 is 0 Å². The molecule has 0 aliphatic rings. The van der Waals surface area contributed by atoms with E-state index in [-0.39, 0.29) is 5.75 Å². The van der Waals surface area contributed by atoms with Crippen molar-refractivity contribution in [1.29, 1.82) is 0 Å². The van der Waals surface area contributed by atoms with E-state index in [1.165, 1.54) is 13.3 Å². The number of aryl methyl sites for hydroxylation is 1. The SMILES string of the molecule is COc1cccc(/C=N/Nc2cc(-c3ccccc3)nc(C)n2)c1O. The highest BCUT2D eigenvalue weighted by atomic mass is 16.5. The van der Waals surface area contributed by atoms with Crippen LogP contribution in [0.3, 0.4) is 0 Å². The molecule has 3 aromatic rings. The highest BCUT2D eigenvalue weighted by molar-refractivity contribution is 5.85. The van der Waals surface area contributed by atoms with Gasteiger partial charge < -0.3 is 9.84 Å². The molecule has 0 aliphatic carbocycles. The molecule has 0 saturated heterocycles. The highest BCUT2D eigenvalue weighted by Crippen LogP contribution is 2.28. The molecule has 0 fully saturated rings. The third-order valence-corrected chi connectivity index (χ3v) is 3.54. The van der Waals surface area contributed by atoms with Crippen molar-refractivity contribution in [3.63, 3.8) is 0 Å². The van der Waals surface area contributed by atoms with Crippen LogP contribution in [0.2, 0.25) is 0 Å². The van der Waals surface area contributed by atoms with Crippen molar-refractivity contribution in [2.24, 2.45) is 5.10 Å². The number of hydrogen-bond donors (Lipinski definition) is 2. The van der Waals surface area contributed by atoms with Crippen LogP contribution < -0.4 is 10.2 Å². The molecule has 0 unspecified atom stereocenters. The summed E-state index contributed by atoms with van der Waals surface area (Å²) in [5.74, 6) is 1.65. The second kappa shape index (κ2) is 7.44. The molecular formula is C19H18N4O2. The van der Waals surface area contributed by atoms with Crippen molar-refractivity contribution in [1.82, 2.24) is 9.97 Å². The molecule has 0 spiro atoms. The molecular weight excluding hydrogens is 316 g/mol. The Morgan fingerprint density at radius 1 is 1.08 bits per heavy atom. The lowest BCUT2D eigenvalue weighted by molar-refractivity contribution is 0.373. The maximum absolute atomic E-state index is 10.1. The van der Waals surface area contributed by atoms with Crippen molar-refractivity contribution >= 4 is 12.0 Å². The number of phenols is 1. The van der Waals surface area contributed by atoms with Gasteiger partial charge in [0.05, 0.1) is 19.0 Å². The third-order valence-electron chi connectivity index (χ3n) is 3.54. The largest absolute Gasteiger partial charge is 0.504 e. The lowest BCUT2D eigenvalue weighted by Gasteiger charge is -2.06. The summed E-state index contributed by atoms with van der Waals surface area (Å²) in [5, 5.41) is 14.2. The number of nitrogens with one attached hydrogen (secondary N) is 1. The molecule has 0 bridgehead atoms. The number of rotatable bonds is 5. The van der Waals surface area contributed by atoms with Crippen molar-refractivity contribution in [3.8, 4) is 22.8 Å². The summed E-state index contributed by atoms with van der Waals surface area (Å²) >= 11 is 0. The fourth-order valence-electron chi connectivity index (χ4n) is 2.36. The molecule has 0 saturated carbocycles. The van der Waals surface area contributed by atoms with Crippen molar-refractivity contribution in [2.45, 2.75) is 6.92 Å². The van der Waals surface area contributed by atoms with E-state index in [9.17, 15) is 5.11 Å². The van der Waals surface area contributed by atoms with E-state index < -0.39 is 0 Å². The van der Waals surface area contributed by atoms with Gasteiger partial charge in [-0.25, -0.2) is 9.97 Å². The van der Waals surface area contributed by atoms with E-state index in [1.54, 1.807) is 18.2 Å². The quantitative estimate of drug-likeness (QED) is 0.550. The van der Waals surface area contributed by atoms with Gasteiger partial charge in [0.1, 0.15) is 11.6 Å². The first-order valence-electron chi connectivity index (χ1n) is 7.73. The number of hydrazone groups is 1. The summed E-state index contributed by atoms with van der Waals surface area (Å²) in [7, 11) is 1.50. The van der Waals surface area contributed by atoms with Gasteiger partial charge in [0.15, 0.2) is 11.5 Å². The number of para-hydroxylation sites is 1. The normalized spacial score (nSPS) is 10.8. The van der Waals surface area contributed by atoms with Crippen LogP contribution in [0.15, 0.2) is 59.7 Å². The van der Waals surface area contributed by atoms with E-state index in [0.29, 0.717) is 23.0 Å². The molecule has 6 nitrogen and oxygen atoms in total. The van der Waals surface area contributed by atoms with E-state index in [2.05, 4.69) is 20.5 Å². The van der Waals surface area contributed by atoms with Crippen molar-refractivity contribution in [2.75, 3.05) is 12.5 Å². The summed E-state index contributed by atoms with van der Waals surface area (Å²) in [6.07, 6.45) is 1.51. The molecule has 6 heteroatoms. The van der Waals surface area contributed by atoms with Crippen LogP contribution in [0.4, 0.5) is 5.82 Å². The molecule has 0 aliphatic heterocycles. The fourth-order valence-corrected chi connectivity index (χ4v) is 2.36. The lowest BCUT2D eigenvalue weighted by Crippen LogP contribution is -1.99. The number of benzene rings is 2. The van der Waals surface area contributed by atoms with Gasteiger partial charge in [-0.3, -0.25) is 5.43 Å². The van der Waals surface area contributed by atoms with E-state index in [1.807, 2.05) is 43.3 Å². The Morgan fingerprint density at radius 2 is 1.88 bits per heavy atom. The summed E-state index contributed by atoms with van der Waals surface area (Å²) < 4.78 is 5.08. The van der Waals surface area contributed by atoms with Crippen LogP contribution in [0.5, 0.6) is 11.5 Å². The topological polar surface area (TPSA) is 79.6 Å². The number of nitrogens with zero attached hydrogens (tertiary/aromatic N) is 3. The maximum atomic E-state index is 10.1. The molecule has 25 heavy (non-hydrogen) atoms. The zero-order valence-corrected chi connectivity index (χ0v) is 14.0.